The summed E-state index contributed by atoms with van der Waals surface area (Å²) in [6, 6.07) is 56.1. The summed E-state index contributed by atoms with van der Waals surface area (Å²) in [4.78, 5) is 10.3. The molecular weight excluding hydrogens is 613 g/mol. The molecule has 0 aliphatic carbocycles. The lowest BCUT2D eigenvalue weighted by molar-refractivity contribution is 0.669. The third kappa shape index (κ3) is 4.19. The van der Waals surface area contributed by atoms with E-state index < -0.39 is 0 Å². The summed E-state index contributed by atoms with van der Waals surface area (Å²) in [5, 5.41) is 17.5. The molecular formula is C45H26N4O. The molecule has 10 aromatic rings. The van der Waals surface area contributed by atoms with Crippen molar-refractivity contribution in [2.45, 2.75) is 0 Å². The molecule has 232 valence electrons. The SMILES string of the molecule is N#Cc1c(-c2ccc3ccccc3c2)nc(-c2ccccc2)nc1-c1cccc2c3c4c(ccc3n(-c3ccccc3)c12)oc1ccccc14. The molecule has 0 atom stereocenters. The Morgan fingerprint density at radius 1 is 0.540 bits per heavy atom. The maximum atomic E-state index is 11.0. The number of hydrogen-bond donors (Lipinski definition) is 0. The van der Waals surface area contributed by atoms with Crippen LogP contribution in [0.3, 0.4) is 0 Å². The van der Waals surface area contributed by atoms with Gasteiger partial charge < -0.3 is 8.98 Å². The highest BCUT2D eigenvalue weighted by Crippen LogP contribution is 2.45. The van der Waals surface area contributed by atoms with E-state index in [4.69, 9.17) is 14.4 Å². The third-order valence-electron chi connectivity index (χ3n) is 9.64. The zero-order valence-electron chi connectivity index (χ0n) is 26.7. The standard InChI is InChI=1S/C45H26N4O/c46-27-36-42(31-23-22-28-12-7-8-15-30(28)26-31)47-45(29-13-3-1-4-14-29)48-43(36)35-20-11-19-34-40-37(49(44(34)35)32-16-5-2-6-17-32)24-25-39-41(40)33-18-9-10-21-38(33)50-39/h1-26H. The van der Waals surface area contributed by atoms with Crippen LogP contribution in [0.25, 0.3) is 94.1 Å². The summed E-state index contributed by atoms with van der Waals surface area (Å²) in [6.45, 7) is 0. The number of fused-ring (bicyclic) bond motifs is 8. The van der Waals surface area contributed by atoms with E-state index in [0.717, 1.165) is 76.9 Å². The van der Waals surface area contributed by atoms with Gasteiger partial charge in [-0.3, -0.25) is 0 Å². The normalized spacial score (nSPS) is 11.6. The number of nitrogens with zero attached hydrogens (tertiary/aromatic N) is 4. The van der Waals surface area contributed by atoms with E-state index in [1.54, 1.807) is 0 Å². The highest BCUT2D eigenvalue weighted by molar-refractivity contribution is 6.28. The number of rotatable bonds is 4. The Hall–Kier alpha value is -7.03. The Morgan fingerprint density at radius 3 is 2.10 bits per heavy atom. The molecule has 3 heterocycles. The molecule has 0 N–H and O–H groups in total. The summed E-state index contributed by atoms with van der Waals surface area (Å²) in [6.07, 6.45) is 0. The molecule has 0 amide bonds. The van der Waals surface area contributed by atoms with Crippen LogP contribution in [0.5, 0.6) is 0 Å². The number of hydrogen-bond acceptors (Lipinski definition) is 4. The molecule has 0 saturated carbocycles. The first-order valence-electron chi connectivity index (χ1n) is 16.6. The number of nitriles is 1. The van der Waals surface area contributed by atoms with Gasteiger partial charge in [0.05, 0.1) is 22.4 Å². The van der Waals surface area contributed by atoms with Gasteiger partial charge in [-0.05, 0) is 47.2 Å². The van der Waals surface area contributed by atoms with E-state index in [9.17, 15) is 5.26 Å². The van der Waals surface area contributed by atoms with Crippen molar-refractivity contribution >= 4 is 54.5 Å². The summed E-state index contributed by atoms with van der Waals surface area (Å²) < 4.78 is 8.66. The Bertz CT molecular complexity index is 2990. The minimum absolute atomic E-state index is 0.427. The first-order chi connectivity index (χ1) is 24.8. The van der Waals surface area contributed by atoms with Crippen LogP contribution in [0.15, 0.2) is 162 Å². The second-order valence-electron chi connectivity index (χ2n) is 12.5. The molecule has 0 bridgehead atoms. The third-order valence-corrected chi connectivity index (χ3v) is 9.64. The predicted octanol–water partition coefficient (Wildman–Crippen LogP) is 11.5. The Balaban J connectivity index is 1.36. The second-order valence-corrected chi connectivity index (χ2v) is 12.5. The van der Waals surface area contributed by atoms with Crippen molar-refractivity contribution in [2.75, 3.05) is 0 Å². The van der Waals surface area contributed by atoms with Crippen LogP contribution in [-0.2, 0) is 0 Å². The monoisotopic (exact) mass is 638 g/mol. The Labute approximate surface area is 286 Å². The van der Waals surface area contributed by atoms with E-state index in [1.807, 2.05) is 66.7 Å². The van der Waals surface area contributed by atoms with Crippen LogP contribution in [0.1, 0.15) is 5.56 Å². The number of para-hydroxylation sites is 3. The van der Waals surface area contributed by atoms with Gasteiger partial charge in [-0.2, -0.15) is 5.26 Å². The zero-order valence-corrected chi connectivity index (χ0v) is 26.7. The molecule has 0 saturated heterocycles. The minimum Gasteiger partial charge on any atom is -0.456 e. The molecule has 10 rings (SSSR count). The predicted molar refractivity (Wildman–Crippen MR) is 202 cm³/mol. The minimum atomic E-state index is 0.427. The van der Waals surface area contributed by atoms with Crippen molar-refractivity contribution in [3.8, 4) is 45.7 Å². The zero-order chi connectivity index (χ0) is 33.2. The van der Waals surface area contributed by atoms with Crippen LogP contribution < -0.4 is 0 Å². The average molecular weight is 639 g/mol. The van der Waals surface area contributed by atoms with Crippen LogP contribution >= 0.6 is 0 Å². The van der Waals surface area contributed by atoms with Crippen molar-refractivity contribution in [1.82, 2.24) is 14.5 Å². The Kier molecular flexibility index (Phi) is 6.17. The molecule has 0 unspecified atom stereocenters. The van der Waals surface area contributed by atoms with Gasteiger partial charge in [-0.1, -0.05) is 121 Å². The molecule has 0 aliphatic heterocycles. The van der Waals surface area contributed by atoms with Gasteiger partial charge in [0.1, 0.15) is 22.8 Å². The molecule has 50 heavy (non-hydrogen) atoms. The molecule has 0 radical (unpaired) electrons. The molecule has 0 aliphatic rings. The fourth-order valence-corrected chi connectivity index (χ4v) is 7.43. The number of benzene rings is 7. The van der Waals surface area contributed by atoms with Crippen LogP contribution in [0.4, 0.5) is 0 Å². The highest BCUT2D eigenvalue weighted by Gasteiger charge is 2.25. The fraction of sp³-hybridized carbons (Fsp3) is 0. The summed E-state index contributed by atoms with van der Waals surface area (Å²) in [7, 11) is 0. The van der Waals surface area contributed by atoms with E-state index in [0.29, 0.717) is 22.8 Å². The van der Waals surface area contributed by atoms with Gasteiger partial charge in [0.2, 0.25) is 0 Å². The van der Waals surface area contributed by atoms with E-state index in [1.165, 1.54) is 0 Å². The lowest BCUT2D eigenvalue weighted by Gasteiger charge is -2.15. The van der Waals surface area contributed by atoms with Crippen molar-refractivity contribution in [3.05, 3.63) is 163 Å². The molecule has 0 spiro atoms. The molecule has 5 nitrogen and oxygen atoms in total. The number of aromatic nitrogens is 3. The van der Waals surface area contributed by atoms with E-state index >= 15 is 0 Å². The van der Waals surface area contributed by atoms with Gasteiger partial charge in [-0.25, -0.2) is 9.97 Å². The molecule has 0 fully saturated rings. The van der Waals surface area contributed by atoms with Gasteiger partial charge >= 0.3 is 0 Å². The van der Waals surface area contributed by atoms with Crippen molar-refractivity contribution in [3.63, 3.8) is 0 Å². The summed E-state index contributed by atoms with van der Waals surface area (Å²) in [5.74, 6) is 0.561. The topological polar surface area (TPSA) is 67.6 Å². The smallest absolute Gasteiger partial charge is 0.160 e. The summed E-state index contributed by atoms with van der Waals surface area (Å²) >= 11 is 0. The van der Waals surface area contributed by atoms with Crippen LogP contribution in [0.2, 0.25) is 0 Å². The quantitative estimate of drug-likeness (QED) is 0.192. The van der Waals surface area contributed by atoms with Crippen molar-refractivity contribution in [2.24, 2.45) is 0 Å². The molecule has 3 aromatic heterocycles. The van der Waals surface area contributed by atoms with Gasteiger partial charge in [0.25, 0.3) is 0 Å². The molecule has 7 aromatic carbocycles. The second kappa shape index (κ2) is 11.0. The van der Waals surface area contributed by atoms with Crippen LogP contribution in [-0.4, -0.2) is 14.5 Å². The first kappa shape index (κ1) is 28.0. The summed E-state index contributed by atoms with van der Waals surface area (Å²) in [5.41, 5.74) is 8.91. The lowest BCUT2D eigenvalue weighted by atomic mass is 9.96. The van der Waals surface area contributed by atoms with Crippen molar-refractivity contribution < 1.29 is 4.42 Å². The molecule has 5 heteroatoms. The lowest BCUT2D eigenvalue weighted by Crippen LogP contribution is -2.03. The highest BCUT2D eigenvalue weighted by atomic mass is 16.3. The largest absolute Gasteiger partial charge is 0.456 e. The van der Waals surface area contributed by atoms with Gasteiger partial charge in [0.15, 0.2) is 5.82 Å². The van der Waals surface area contributed by atoms with Gasteiger partial charge in [0, 0.05) is 43.9 Å². The van der Waals surface area contributed by atoms with Gasteiger partial charge in [-0.15, -0.1) is 0 Å². The van der Waals surface area contributed by atoms with Crippen LogP contribution in [0, 0.1) is 11.3 Å². The Morgan fingerprint density at radius 2 is 1.26 bits per heavy atom. The van der Waals surface area contributed by atoms with E-state index in [2.05, 4.69) is 102 Å². The van der Waals surface area contributed by atoms with E-state index in [-0.39, 0.29) is 0 Å². The first-order valence-corrected chi connectivity index (χ1v) is 16.6. The maximum Gasteiger partial charge on any atom is 0.160 e. The maximum absolute atomic E-state index is 11.0. The van der Waals surface area contributed by atoms with Crippen molar-refractivity contribution in [1.29, 1.82) is 5.26 Å². The number of furan rings is 1. The fourth-order valence-electron chi connectivity index (χ4n) is 7.43. The average Bonchev–Trinajstić information content (AvgIpc) is 3.73.